The molecule has 0 fully saturated rings. The van der Waals surface area contributed by atoms with Crippen molar-refractivity contribution in [3.63, 3.8) is 0 Å². The summed E-state index contributed by atoms with van der Waals surface area (Å²) in [6.07, 6.45) is 33.2. The van der Waals surface area contributed by atoms with Gasteiger partial charge in [-0.2, -0.15) is 8.42 Å². The maximum Gasteiger partial charge on any atom is 1.00 e. The van der Waals surface area contributed by atoms with E-state index in [0.29, 0.717) is 0 Å². The minimum Gasteiger partial charge on any atom is -1.00 e. The first-order chi connectivity index (χ1) is 15.3. The molecule has 0 aromatic rings. The fourth-order valence-corrected chi connectivity index (χ4v) is 3.83. The predicted molar refractivity (Wildman–Crippen MR) is 148 cm³/mol. The van der Waals surface area contributed by atoms with E-state index in [1.165, 1.54) is 147 Å². The summed E-state index contributed by atoms with van der Waals surface area (Å²) in [7, 11) is -1.86. The first-order valence-electron chi connectivity index (χ1n) is 13.7. The van der Waals surface area contributed by atoms with Gasteiger partial charge in [0.2, 0.25) is 0 Å². The minimum absolute atomic E-state index is 0. The minimum atomic E-state index is -4.67. The van der Waals surface area contributed by atoms with Crippen molar-refractivity contribution in [2.45, 2.75) is 162 Å². The first-order valence-corrected chi connectivity index (χ1v) is 15.9. The molecule has 4 nitrogen and oxygen atoms in total. The van der Waals surface area contributed by atoms with Crippen LogP contribution in [-0.4, -0.2) is 23.7 Å². The summed E-state index contributed by atoms with van der Waals surface area (Å²) in [5.74, 6) is 0. The molecule has 0 aromatic carbocycles. The van der Waals surface area contributed by atoms with Crippen molar-refractivity contribution in [3.05, 3.63) is 0 Å². The van der Waals surface area contributed by atoms with Crippen molar-refractivity contribution in [2.75, 3.05) is 6.16 Å². The molecule has 0 aliphatic carbocycles. The molecular formula is C26H60KO4PS. The van der Waals surface area contributed by atoms with Crippen LogP contribution in [0.3, 0.4) is 0 Å². The average Bonchev–Trinajstić information content (AvgIpc) is 2.73. The van der Waals surface area contributed by atoms with Gasteiger partial charge in [-0.1, -0.05) is 156 Å². The molecule has 0 spiro atoms. The van der Waals surface area contributed by atoms with Crippen molar-refractivity contribution < 1.29 is 70.3 Å². The van der Waals surface area contributed by atoms with Crippen LogP contribution in [0.4, 0.5) is 0 Å². The third-order valence-electron chi connectivity index (χ3n) is 5.51. The van der Waals surface area contributed by atoms with Crippen molar-refractivity contribution >= 4 is 19.6 Å². The van der Waals surface area contributed by atoms with Gasteiger partial charge < -0.3 is 1.43 Å². The van der Waals surface area contributed by atoms with Crippen LogP contribution in [-0.2, 0) is 10.4 Å². The van der Waals surface area contributed by atoms with Gasteiger partial charge in [-0.25, -0.2) is 0 Å². The Balaban J connectivity index is -0.000000131. The second kappa shape index (κ2) is 38.5. The van der Waals surface area contributed by atoms with E-state index >= 15 is 0 Å². The van der Waals surface area contributed by atoms with Crippen LogP contribution >= 0.6 is 9.24 Å². The van der Waals surface area contributed by atoms with E-state index in [9.17, 15) is 0 Å². The van der Waals surface area contributed by atoms with Crippen molar-refractivity contribution in [3.8, 4) is 0 Å². The summed E-state index contributed by atoms with van der Waals surface area (Å²) < 4.78 is 31.6. The van der Waals surface area contributed by atoms with Crippen LogP contribution in [0.1, 0.15) is 163 Å². The largest absolute Gasteiger partial charge is 1.00 e. The SMILES string of the molecule is CCCCCCCCCCCCCC.CCCCCCCCCCCCP.O=S(=O)(O)O.[H-].[K+]. The zero-order valence-corrected chi connectivity index (χ0v) is 28.1. The number of hydrogen-bond donors (Lipinski definition) is 2. The Morgan fingerprint density at radius 1 is 0.485 bits per heavy atom. The van der Waals surface area contributed by atoms with Gasteiger partial charge in [0.25, 0.3) is 0 Å². The topological polar surface area (TPSA) is 74.6 Å². The van der Waals surface area contributed by atoms with Crippen LogP contribution in [0.25, 0.3) is 0 Å². The van der Waals surface area contributed by atoms with Gasteiger partial charge in [0.1, 0.15) is 0 Å². The van der Waals surface area contributed by atoms with Crippen molar-refractivity contribution in [2.24, 2.45) is 0 Å². The van der Waals surface area contributed by atoms with Crippen molar-refractivity contribution in [1.82, 2.24) is 0 Å². The Morgan fingerprint density at radius 3 is 0.788 bits per heavy atom. The number of hydrogen-bond acceptors (Lipinski definition) is 2. The molecule has 0 aliphatic rings. The molecule has 0 bridgehead atoms. The fourth-order valence-electron chi connectivity index (χ4n) is 3.55. The monoisotopic (exact) mass is 538 g/mol. The van der Waals surface area contributed by atoms with Gasteiger partial charge >= 0.3 is 61.8 Å². The molecule has 1 unspecified atom stereocenters. The van der Waals surface area contributed by atoms with E-state index in [4.69, 9.17) is 17.5 Å². The zero-order chi connectivity index (χ0) is 24.8. The Hall–Kier alpha value is 1.94. The summed E-state index contributed by atoms with van der Waals surface area (Å²) in [6.45, 7) is 6.85. The summed E-state index contributed by atoms with van der Waals surface area (Å²) in [5.41, 5.74) is 0. The Kier molecular flexibility index (Phi) is 49.0. The maximum atomic E-state index is 8.74. The average molecular weight is 539 g/mol. The molecule has 0 heterocycles. The van der Waals surface area contributed by atoms with E-state index in [1.54, 1.807) is 0 Å². The Morgan fingerprint density at radius 2 is 0.636 bits per heavy atom. The standard InChI is InChI=1S/C14H30.C12H27P.K.H2O4S.H/c1-3-5-7-9-11-13-14-12-10-8-6-4-2;1-2-3-4-5-6-7-8-9-10-11-12-13;;1-5(2,3)4;/h3-14H2,1-2H3;2-13H2,1H3;;(H2,1,2,3,4);/q;;+1;;-1. The van der Waals surface area contributed by atoms with Gasteiger partial charge in [0, 0.05) is 0 Å². The molecule has 200 valence electrons. The molecule has 0 saturated heterocycles. The predicted octanol–water partition coefficient (Wildman–Crippen LogP) is 6.95. The molecule has 0 amide bonds. The Bertz CT molecular complexity index is 386. The summed E-state index contributed by atoms with van der Waals surface area (Å²) in [4.78, 5) is 0. The molecule has 7 heteroatoms. The molecule has 0 saturated carbocycles. The molecular weight excluding hydrogens is 478 g/mol. The number of rotatable bonds is 21. The molecule has 33 heavy (non-hydrogen) atoms. The fraction of sp³-hybridized carbons (Fsp3) is 1.00. The van der Waals surface area contributed by atoms with E-state index in [-0.39, 0.29) is 52.8 Å². The molecule has 0 aromatic heterocycles. The summed E-state index contributed by atoms with van der Waals surface area (Å²) in [5, 5.41) is 0. The third-order valence-corrected chi connectivity index (χ3v) is 5.92. The molecule has 0 radical (unpaired) electrons. The normalized spacial score (nSPS) is 10.5. The van der Waals surface area contributed by atoms with E-state index in [2.05, 4.69) is 30.0 Å². The van der Waals surface area contributed by atoms with Crippen LogP contribution in [0, 0.1) is 0 Å². The van der Waals surface area contributed by atoms with Crippen LogP contribution in [0.2, 0.25) is 0 Å². The quantitative estimate of drug-likeness (QED) is 0.0717. The smallest absolute Gasteiger partial charge is 1.00 e. The van der Waals surface area contributed by atoms with E-state index < -0.39 is 10.4 Å². The van der Waals surface area contributed by atoms with E-state index in [1.807, 2.05) is 0 Å². The second-order valence-corrected chi connectivity index (χ2v) is 10.4. The van der Waals surface area contributed by atoms with Gasteiger partial charge in [0.15, 0.2) is 0 Å². The van der Waals surface area contributed by atoms with Crippen LogP contribution in [0.5, 0.6) is 0 Å². The molecule has 0 aliphatic heterocycles. The second-order valence-electron chi connectivity index (χ2n) is 8.95. The molecule has 2 N–H and O–H groups in total. The van der Waals surface area contributed by atoms with Gasteiger partial charge in [0.05, 0.1) is 0 Å². The van der Waals surface area contributed by atoms with Gasteiger partial charge in [-0.3, -0.25) is 9.11 Å². The zero-order valence-electron chi connectivity index (χ0n) is 24.0. The first kappa shape index (κ1) is 42.0. The molecule has 0 rings (SSSR count). The van der Waals surface area contributed by atoms with Crippen molar-refractivity contribution in [1.29, 1.82) is 0 Å². The Labute approximate surface area is 255 Å². The van der Waals surface area contributed by atoms with Gasteiger partial charge in [-0.15, -0.1) is 9.24 Å². The third kappa shape index (κ3) is 65.8. The van der Waals surface area contributed by atoms with E-state index in [0.717, 1.165) is 0 Å². The number of unbranched alkanes of at least 4 members (excludes halogenated alkanes) is 20. The maximum absolute atomic E-state index is 8.74. The molecule has 1 atom stereocenters. The summed E-state index contributed by atoms with van der Waals surface area (Å²) >= 11 is 0. The van der Waals surface area contributed by atoms with Crippen LogP contribution in [0.15, 0.2) is 0 Å². The summed E-state index contributed by atoms with van der Waals surface area (Å²) in [6, 6.07) is 0. The van der Waals surface area contributed by atoms with Crippen LogP contribution < -0.4 is 51.4 Å². The van der Waals surface area contributed by atoms with Gasteiger partial charge in [-0.05, 0) is 12.6 Å².